The summed E-state index contributed by atoms with van der Waals surface area (Å²) in [4.78, 5) is 0. The highest BCUT2D eigenvalue weighted by Crippen LogP contribution is 2.29. The number of hydrogen-bond acceptors (Lipinski definition) is 1. The number of benzene rings is 2. The lowest BCUT2D eigenvalue weighted by molar-refractivity contribution is 0.527. The van der Waals surface area contributed by atoms with Gasteiger partial charge in [-0.3, -0.25) is 0 Å². The summed E-state index contributed by atoms with van der Waals surface area (Å²) in [7, 11) is 0. The Hall–Kier alpha value is -0.710. The standard InChI is InChI=1S/C17H18Br2FN/c1-2-9-21-17(10-12-3-6-14(20)7-4-12)15-8-5-13(18)11-16(15)19/h3-8,11,17,21H,2,9-10H2,1H3. The van der Waals surface area contributed by atoms with Crippen molar-refractivity contribution in [3.8, 4) is 0 Å². The van der Waals surface area contributed by atoms with Gasteiger partial charge in [0.15, 0.2) is 0 Å². The van der Waals surface area contributed by atoms with Gasteiger partial charge < -0.3 is 5.32 Å². The van der Waals surface area contributed by atoms with Gasteiger partial charge in [0.2, 0.25) is 0 Å². The average Bonchev–Trinajstić information content (AvgIpc) is 2.46. The monoisotopic (exact) mass is 413 g/mol. The van der Waals surface area contributed by atoms with E-state index in [0.29, 0.717) is 0 Å². The van der Waals surface area contributed by atoms with Crippen molar-refractivity contribution >= 4 is 31.9 Å². The number of nitrogens with one attached hydrogen (secondary N) is 1. The molecule has 0 heterocycles. The summed E-state index contributed by atoms with van der Waals surface area (Å²) in [5.74, 6) is -0.193. The van der Waals surface area contributed by atoms with E-state index in [-0.39, 0.29) is 11.9 Å². The third kappa shape index (κ3) is 4.90. The molecule has 0 spiro atoms. The Labute approximate surface area is 142 Å². The van der Waals surface area contributed by atoms with Crippen molar-refractivity contribution in [2.24, 2.45) is 0 Å². The molecule has 4 heteroatoms. The summed E-state index contributed by atoms with van der Waals surface area (Å²) in [5.41, 5.74) is 2.34. The molecule has 0 bridgehead atoms. The van der Waals surface area contributed by atoms with Gasteiger partial charge in [-0.05, 0) is 54.8 Å². The Morgan fingerprint density at radius 2 is 1.81 bits per heavy atom. The lowest BCUT2D eigenvalue weighted by atomic mass is 9.98. The maximum atomic E-state index is 13.0. The fraction of sp³-hybridized carbons (Fsp3) is 0.294. The average molecular weight is 415 g/mol. The largest absolute Gasteiger partial charge is 0.310 e. The van der Waals surface area contributed by atoms with Crippen LogP contribution in [0.5, 0.6) is 0 Å². The molecule has 2 rings (SSSR count). The van der Waals surface area contributed by atoms with Crippen LogP contribution >= 0.6 is 31.9 Å². The van der Waals surface area contributed by atoms with Crippen LogP contribution in [0.4, 0.5) is 4.39 Å². The number of halogens is 3. The smallest absolute Gasteiger partial charge is 0.123 e. The van der Waals surface area contributed by atoms with E-state index in [0.717, 1.165) is 33.9 Å². The molecule has 0 fully saturated rings. The van der Waals surface area contributed by atoms with E-state index >= 15 is 0 Å². The van der Waals surface area contributed by atoms with Gasteiger partial charge in [0.1, 0.15) is 5.82 Å². The van der Waals surface area contributed by atoms with Crippen molar-refractivity contribution < 1.29 is 4.39 Å². The zero-order valence-corrected chi connectivity index (χ0v) is 15.0. The molecule has 2 aromatic carbocycles. The first-order valence-electron chi connectivity index (χ1n) is 7.03. The molecular formula is C17H18Br2FN. The molecule has 0 aliphatic carbocycles. The van der Waals surface area contributed by atoms with E-state index in [2.05, 4.69) is 56.2 Å². The zero-order valence-electron chi connectivity index (χ0n) is 11.9. The Morgan fingerprint density at radius 1 is 1.10 bits per heavy atom. The van der Waals surface area contributed by atoms with Gasteiger partial charge in [-0.15, -0.1) is 0 Å². The van der Waals surface area contributed by atoms with Crippen molar-refractivity contribution in [2.45, 2.75) is 25.8 Å². The first kappa shape index (κ1) is 16.7. The number of rotatable bonds is 6. The van der Waals surface area contributed by atoms with E-state index in [9.17, 15) is 4.39 Å². The first-order chi connectivity index (χ1) is 10.1. The first-order valence-corrected chi connectivity index (χ1v) is 8.61. The normalized spacial score (nSPS) is 12.4. The summed E-state index contributed by atoms with van der Waals surface area (Å²) in [6, 6.07) is 13.2. The van der Waals surface area contributed by atoms with Crippen LogP contribution < -0.4 is 5.32 Å². The maximum absolute atomic E-state index is 13.0. The molecule has 0 aromatic heterocycles. The lowest BCUT2D eigenvalue weighted by Crippen LogP contribution is -2.24. The second-order valence-electron chi connectivity index (χ2n) is 5.00. The van der Waals surface area contributed by atoms with Crippen LogP contribution in [-0.2, 0) is 6.42 Å². The topological polar surface area (TPSA) is 12.0 Å². The van der Waals surface area contributed by atoms with Crippen molar-refractivity contribution in [3.05, 3.63) is 68.4 Å². The van der Waals surface area contributed by atoms with E-state index in [4.69, 9.17) is 0 Å². The van der Waals surface area contributed by atoms with E-state index in [1.807, 2.05) is 18.2 Å². The minimum atomic E-state index is -0.193. The second kappa shape index (κ2) is 8.06. The van der Waals surface area contributed by atoms with Gasteiger partial charge in [0.25, 0.3) is 0 Å². The molecule has 0 radical (unpaired) electrons. The molecular weight excluding hydrogens is 397 g/mol. The van der Waals surface area contributed by atoms with Crippen LogP contribution in [0.2, 0.25) is 0 Å². The summed E-state index contributed by atoms with van der Waals surface area (Å²) >= 11 is 7.12. The minimum absolute atomic E-state index is 0.193. The van der Waals surface area contributed by atoms with Crippen LogP contribution in [0.3, 0.4) is 0 Å². The molecule has 112 valence electrons. The predicted molar refractivity (Wildman–Crippen MR) is 93.0 cm³/mol. The van der Waals surface area contributed by atoms with Crippen LogP contribution in [0, 0.1) is 5.82 Å². The molecule has 1 N–H and O–H groups in total. The summed E-state index contributed by atoms with van der Waals surface area (Å²) < 4.78 is 15.2. The van der Waals surface area contributed by atoms with Crippen LogP contribution in [0.1, 0.15) is 30.5 Å². The summed E-state index contributed by atoms with van der Waals surface area (Å²) in [5, 5.41) is 3.57. The maximum Gasteiger partial charge on any atom is 0.123 e. The van der Waals surface area contributed by atoms with Crippen LogP contribution in [-0.4, -0.2) is 6.54 Å². The van der Waals surface area contributed by atoms with Crippen LogP contribution in [0.25, 0.3) is 0 Å². The Bertz CT molecular complexity index is 584. The van der Waals surface area contributed by atoms with Gasteiger partial charge >= 0.3 is 0 Å². The highest BCUT2D eigenvalue weighted by atomic mass is 79.9. The zero-order chi connectivity index (χ0) is 15.2. The van der Waals surface area contributed by atoms with Crippen molar-refractivity contribution in [1.29, 1.82) is 0 Å². The molecule has 0 aliphatic rings. The summed E-state index contributed by atoms with van der Waals surface area (Å²) in [6.45, 7) is 3.10. The predicted octanol–water partition coefficient (Wildman–Crippen LogP) is 5.63. The number of hydrogen-bond donors (Lipinski definition) is 1. The van der Waals surface area contributed by atoms with Gasteiger partial charge in [0, 0.05) is 15.0 Å². The molecule has 0 aliphatic heterocycles. The van der Waals surface area contributed by atoms with Gasteiger partial charge in [-0.2, -0.15) is 0 Å². The van der Waals surface area contributed by atoms with Gasteiger partial charge in [-0.25, -0.2) is 4.39 Å². The van der Waals surface area contributed by atoms with Crippen molar-refractivity contribution in [1.82, 2.24) is 5.32 Å². The third-order valence-electron chi connectivity index (χ3n) is 3.33. The fourth-order valence-corrected chi connectivity index (χ4v) is 3.57. The highest BCUT2D eigenvalue weighted by molar-refractivity contribution is 9.11. The molecule has 0 saturated heterocycles. The molecule has 2 aromatic rings. The Kier molecular flexibility index (Phi) is 6.40. The van der Waals surface area contributed by atoms with E-state index in [1.54, 1.807) is 0 Å². The third-order valence-corrected chi connectivity index (χ3v) is 4.51. The quantitative estimate of drug-likeness (QED) is 0.645. The lowest BCUT2D eigenvalue weighted by Gasteiger charge is -2.21. The van der Waals surface area contributed by atoms with Gasteiger partial charge in [0.05, 0.1) is 0 Å². The SMILES string of the molecule is CCCNC(Cc1ccc(F)cc1)c1ccc(Br)cc1Br. The van der Waals surface area contributed by atoms with Crippen molar-refractivity contribution in [2.75, 3.05) is 6.54 Å². The second-order valence-corrected chi connectivity index (χ2v) is 6.77. The van der Waals surface area contributed by atoms with Gasteiger partial charge in [-0.1, -0.05) is 57.0 Å². The molecule has 21 heavy (non-hydrogen) atoms. The molecule has 0 saturated carbocycles. The molecule has 1 atom stereocenters. The molecule has 0 amide bonds. The Balaban J connectivity index is 2.22. The molecule has 1 nitrogen and oxygen atoms in total. The summed E-state index contributed by atoms with van der Waals surface area (Å²) in [6.07, 6.45) is 1.91. The fourth-order valence-electron chi connectivity index (χ4n) is 2.25. The highest BCUT2D eigenvalue weighted by Gasteiger charge is 2.15. The van der Waals surface area contributed by atoms with E-state index in [1.165, 1.54) is 17.7 Å². The molecule has 1 unspecified atom stereocenters. The van der Waals surface area contributed by atoms with Crippen molar-refractivity contribution in [3.63, 3.8) is 0 Å². The van der Waals surface area contributed by atoms with Crippen LogP contribution in [0.15, 0.2) is 51.4 Å². The Morgan fingerprint density at radius 3 is 2.43 bits per heavy atom. The minimum Gasteiger partial charge on any atom is -0.310 e. The van der Waals surface area contributed by atoms with E-state index < -0.39 is 0 Å².